The Morgan fingerprint density at radius 3 is 2.63 bits per heavy atom. The molecule has 0 fully saturated rings. The van der Waals surface area contributed by atoms with Crippen LogP contribution in [0, 0.1) is 18.3 Å². The van der Waals surface area contributed by atoms with Crippen molar-refractivity contribution in [2.45, 2.75) is 31.7 Å². The van der Waals surface area contributed by atoms with E-state index in [2.05, 4.69) is 23.3 Å². The fourth-order valence-corrected chi connectivity index (χ4v) is 4.10. The van der Waals surface area contributed by atoms with Crippen molar-refractivity contribution in [1.29, 1.82) is 5.26 Å². The van der Waals surface area contributed by atoms with Gasteiger partial charge in [-0.25, -0.2) is 4.98 Å². The molecule has 4 nitrogen and oxygen atoms in total. The summed E-state index contributed by atoms with van der Waals surface area (Å²) in [6, 6.07) is 19.2. The molecule has 1 heterocycles. The van der Waals surface area contributed by atoms with E-state index in [1.165, 1.54) is 11.8 Å². The van der Waals surface area contributed by atoms with Gasteiger partial charge in [-0.2, -0.15) is 5.26 Å². The molecule has 0 aliphatic heterocycles. The van der Waals surface area contributed by atoms with E-state index in [0.29, 0.717) is 27.8 Å². The number of para-hydroxylation sites is 1. The number of benzene rings is 2. The number of anilines is 1. The molecule has 0 radical (unpaired) electrons. The lowest BCUT2D eigenvalue weighted by molar-refractivity contribution is -0.115. The predicted molar refractivity (Wildman–Crippen MR) is 124 cm³/mol. The van der Waals surface area contributed by atoms with Crippen LogP contribution in [0.15, 0.2) is 59.6 Å². The molecule has 1 aromatic heterocycles. The smallest absolute Gasteiger partial charge is 0.225 e. The maximum absolute atomic E-state index is 12.5. The first kappa shape index (κ1) is 21.9. The Hall–Kier alpha value is -2.81. The molecule has 0 saturated heterocycles. The minimum Gasteiger partial charge on any atom is -0.326 e. The predicted octanol–water partition coefficient (Wildman–Crippen LogP) is 6.27. The summed E-state index contributed by atoms with van der Waals surface area (Å²) in [6.45, 7) is 4.07. The van der Waals surface area contributed by atoms with Gasteiger partial charge < -0.3 is 5.32 Å². The number of nitriles is 1. The Labute approximate surface area is 186 Å². The fraction of sp³-hybridized carbons (Fsp3) is 0.208. The van der Waals surface area contributed by atoms with Crippen LogP contribution in [0.5, 0.6) is 0 Å². The summed E-state index contributed by atoms with van der Waals surface area (Å²) in [4.78, 5) is 17.1. The molecule has 0 atom stereocenters. The number of rotatable bonds is 7. The highest BCUT2D eigenvalue weighted by atomic mass is 35.5. The lowest BCUT2D eigenvalue weighted by atomic mass is 10.1. The van der Waals surface area contributed by atoms with Crippen molar-refractivity contribution < 1.29 is 4.79 Å². The first-order chi connectivity index (χ1) is 14.5. The average molecular weight is 436 g/mol. The van der Waals surface area contributed by atoms with Crippen LogP contribution in [-0.2, 0) is 11.2 Å². The largest absolute Gasteiger partial charge is 0.326 e. The van der Waals surface area contributed by atoms with Gasteiger partial charge in [0.2, 0.25) is 5.91 Å². The summed E-state index contributed by atoms with van der Waals surface area (Å²) in [6.07, 6.45) is 1.19. The van der Waals surface area contributed by atoms with Gasteiger partial charge in [-0.05, 0) is 48.7 Å². The van der Waals surface area contributed by atoms with Crippen molar-refractivity contribution in [3.63, 3.8) is 0 Å². The third-order valence-electron chi connectivity index (χ3n) is 4.69. The molecule has 1 N–H and O–H groups in total. The van der Waals surface area contributed by atoms with Crippen molar-refractivity contribution in [1.82, 2.24) is 4.98 Å². The molecule has 0 unspecified atom stereocenters. The van der Waals surface area contributed by atoms with E-state index < -0.39 is 0 Å². The third kappa shape index (κ3) is 5.41. The van der Waals surface area contributed by atoms with Crippen LogP contribution in [0.1, 0.15) is 30.0 Å². The summed E-state index contributed by atoms with van der Waals surface area (Å²) < 4.78 is 0. The molecule has 30 heavy (non-hydrogen) atoms. The standard InChI is InChI=1S/C24H22ClN3OS/c1-3-17-6-4-5-16(2)23(17)28-22(29)13-14-30-24-19(15-26)9-12-21(27-24)18-7-10-20(25)11-8-18/h4-12H,3,13-14H2,1-2H3,(H,28,29). The number of aromatic nitrogens is 1. The second-order valence-corrected chi connectivity index (χ2v) is 8.30. The van der Waals surface area contributed by atoms with Gasteiger partial charge in [0.15, 0.2) is 0 Å². The zero-order valence-electron chi connectivity index (χ0n) is 16.9. The van der Waals surface area contributed by atoms with Crippen molar-refractivity contribution in [3.8, 4) is 17.3 Å². The molecular weight excluding hydrogens is 414 g/mol. The highest BCUT2D eigenvalue weighted by molar-refractivity contribution is 7.99. The van der Waals surface area contributed by atoms with Crippen LogP contribution in [0.4, 0.5) is 5.69 Å². The molecule has 3 rings (SSSR count). The van der Waals surface area contributed by atoms with Crippen molar-refractivity contribution in [2.75, 3.05) is 11.1 Å². The van der Waals surface area contributed by atoms with Gasteiger partial charge in [0, 0.05) is 28.4 Å². The number of hydrogen-bond donors (Lipinski definition) is 1. The molecule has 2 aromatic carbocycles. The second kappa shape index (κ2) is 10.3. The summed E-state index contributed by atoms with van der Waals surface area (Å²) in [5, 5.41) is 13.7. The molecule has 0 spiro atoms. The first-order valence-corrected chi connectivity index (χ1v) is 11.1. The maximum Gasteiger partial charge on any atom is 0.225 e. The van der Waals surface area contributed by atoms with Gasteiger partial charge >= 0.3 is 0 Å². The van der Waals surface area contributed by atoms with Gasteiger partial charge in [0.1, 0.15) is 11.1 Å². The number of nitrogens with zero attached hydrogens (tertiary/aromatic N) is 2. The second-order valence-electron chi connectivity index (χ2n) is 6.78. The van der Waals surface area contributed by atoms with Crippen molar-refractivity contribution >= 4 is 35.0 Å². The molecule has 0 aliphatic carbocycles. The van der Waals surface area contributed by atoms with E-state index in [1.807, 2.05) is 55.5 Å². The minimum absolute atomic E-state index is 0.0427. The highest BCUT2D eigenvalue weighted by Crippen LogP contribution is 2.27. The Bertz CT molecular complexity index is 1090. The third-order valence-corrected chi connectivity index (χ3v) is 5.94. The normalized spacial score (nSPS) is 10.5. The number of aryl methyl sites for hydroxylation is 2. The average Bonchev–Trinajstić information content (AvgIpc) is 2.75. The van der Waals surface area contributed by atoms with Gasteiger partial charge in [0.05, 0.1) is 11.3 Å². The Kier molecular flexibility index (Phi) is 7.51. The molecule has 0 aliphatic rings. The van der Waals surface area contributed by atoms with Crippen LogP contribution in [0.25, 0.3) is 11.3 Å². The quantitative estimate of drug-likeness (QED) is 0.444. The Balaban J connectivity index is 1.67. The van der Waals surface area contributed by atoms with Gasteiger partial charge in [-0.3, -0.25) is 4.79 Å². The van der Waals surface area contributed by atoms with Crippen LogP contribution in [0.2, 0.25) is 5.02 Å². The zero-order valence-corrected chi connectivity index (χ0v) is 18.5. The number of halogens is 1. The monoisotopic (exact) mass is 435 g/mol. The number of carbonyl (C=O) groups is 1. The van der Waals surface area contributed by atoms with E-state index in [0.717, 1.165) is 34.5 Å². The summed E-state index contributed by atoms with van der Waals surface area (Å²) in [7, 11) is 0. The number of amides is 1. The Morgan fingerprint density at radius 2 is 1.93 bits per heavy atom. The molecule has 1 amide bonds. The minimum atomic E-state index is -0.0427. The van der Waals surface area contributed by atoms with Gasteiger partial charge in [-0.15, -0.1) is 11.8 Å². The van der Waals surface area contributed by atoms with Crippen molar-refractivity contribution in [3.05, 3.63) is 76.3 Å². The number of hydrogen-bond acceptors (Lipinski definition) is 4. The van der Waals surface area contributed by atoms with Crippen LogP contribution >= 0.6 is 23.4 Å². The number of thioether (sulfide) groups is 1. The van der Waals surface area contributed by atoms with Gasteiger partial charge in [0.25, 0.3) is 0 Å². The summed E-state index contributed by atoms with van der Waals surface area (Å²) in [5.41, 5.74) is 5.28. The lowest BCUT2D eigenvalue weighted by Gasteiger charge is -2.13. The molecule has 0 saturated carbocycles. The van der Waals surface area contributed by atoms with Gasteiger partial charge in [-0.1, -0.05) is 48.9 Å². The zero-order chi connectivity index (χ0) is 21.5. The van der Waals surface area contributed by atoms with E-state index >= 15 is 0 Å². The van der Waals surface area contributed by atoms with E-state index in [-0.39, 0.29) is 5.91 Å². The maximum atomic E-state index is 12.5. The van der Waals surface area contributed by atoms with E-state index in [4.69, 9.17) is 11.6 Å². The SMILES string of the molecule is CCc1cccc(C)c1NC(=O)CCSc1nc(-c2ccc(Cl)cc2)ccc1C#N. The number of nitrogens with one attached hydrogen (secondary N) is 1. The first-order valence-electron chi connectivity index (χ1n) is 9.70. The topological polar surface area (TPSA) is 65.8 Å². The van der Waals surface area contributed by atoms with Crippen LogP contribution < -0.4 is 5.32 Å². The molecular formula is C24H22ClN3OS. The summed E-state index contributed by atoms with van der Waals surface area (Å²) in [5.74, 6) is 0.490. The van der Waals surface area contributed by atoms with E-state index in [1.54, 1.807) is 6.07 Å². The molecule has 3 aromatic rings. The molecule has 0 bridgehead atoms. The highest BCUT2D eigenvalue weighted by Gasteiger charge is 2.11. The Morgan fingerprint density at radius 1 is 1.17 bits per heavy atom. The molecule has 152 valence electrons. The van der Waals surface area contributed by atoms with Crippen LogP contribution in [0.3, 0.4) is 0 Å². The van der Waals surface area contributed by atoms with E-state index in [9.17, 15) is 10.1 Å². The van der Waals surface area contributed by atoms with Crippen LogP contribution in [-0.4, -0.2) is 16.6 Å². The number of pyridine rings is 1. The fourth-order valence-electron chi connectivity index (χ4n) is 3.06. The lowest BCUT2D eigenvalue weighted by Crippen LogP contribution is -2.14. The number of carbonyl (C=O) groups excluding carboxylic acids is 1. The molecule has 6 heteroatoms. The van der Waals surface area contributed by atoms with Crippen molar-refractivity contribution in [2.24, 2.45) is 0 Å². The summed E-state index contributed by atoms with van der Waals surface area (Å²) >= 11 is 7.37.